The SMILES string of the molecule is CCOC(=O)c1nnc(-n2ccnc2CC)s1. The highest BCUT2D eigenvalue weighted by Gasteiger charge is 2.15. The average Bonchev–Trinajstić information content (AvgIpc) is 2.97. The molecule has 17 heavy (non-hydrogen) atoms. The van der Waals surface area contributed by atoms with E-state index in [1.807, 2.05) is 11.5 Å². The van der Waals surface area contributed by atoms with Crippen LogP contribution < -0.4 is 0 Å². The number of imidazole rings is 1. The number of rotatable bonds is 4. The fourth-order valence-corrected chi connectivity index (χ4v) is 2.10. The van der Waals surface area contributed by atoms with Crippen LogP contribution in [0, 0.1) is 0 Å². The summed E-state index contributed by atoms with van der Waals surface area (Å²) in [4.78, 5) is 15.6. The molecule has 0 unspecified atom stereocenters. The van der Waals surface area contributed by atoms with E-state index in [4.69, 9.17) is 4.74 Å². The van der Waals surface area contributed by atoms with E-state index < -0.39 is 5.97 Å². The summed E-state index contributed by atoms with van der Waals surface area (Å²) in [7, 11) is 0. The second-order valence-corrected chi connectivity index (χ2v) is 4.13. The van der Waals surface area contributed by atoms with Crippen LogP contribution in [0.2, 0.25) is 0 Å². The summed E-state index contributed by atoms with van der Waals surface area (Å²) < 4.78 is 6.68. The topological polar surface area (TPSA) is 69.9 Å². The van der Waals surface area contributed by atoms with Crippen molar-refractivity contribution in [2.75, 3.05) is 6.61 Å². The van der Waals surface area contributed by atoms with Gasteiger partial charge < -0.3 is 4.74 Å². The van der Waals surface area contributed by atoms with Crippen molar-refractivity contribution in [3.63, 3.8) is 0 Å². The van der Waals surface area contributed by atoms with Gasteiger partial charge in [0.15, 0.2) is 0 Å². The van der Waals surface area contributed by atoms with E-state index in [2.05, 4.69) is 15.2 Å². The number of aryl methyl sites for hydroxylation is 1. The molecule has 0 N–H and O–H groups in total. The molecule has 0 aromatic carbocycles. The van der Waals surface area contributed by atoms with E-state index in [0.717, 1.165) is 12.2 Å². The Kier molecular flexibility index (Phi) is 3.48. The van der Waals surface area contributed by atoms with Crippen LogP contribution in [0.5, 0.6) is 0 Å². The summed E-state index contributed by atoms with van der Waals surface area (Å²) in [6.45, 7) is 4.09. The second-order valence-electron chi connectivity index (χ2n) is 3.18. The van der Waals surface area contributed by atoms with Gasteiger partial charge in [-0.25, -0.2) is 9.78 Å². The van der Waals surface area contributed by atoms with Crippen LogP contribution in [0.3, 0.4) is 0 Å². The molecule has 0 saturated heterocycles. The van der Waals surface area contributed by atoms with E-state index in [-0.39, 0.29) is 5.01 Å². The van der Waals surface area contributed by atoms with Crippen LogP contribution in [0.4, 0.5) is 0 Å². The Bertz CT molecular complexity index is 520. The molecule has 0 bridgehead atoms. The van der Waals surface area contributed by atoms with Crippen molar-refractivity contribution in [3.05, 3.63) is 23.2 Å². The van der Waals surface area contributed by atoms with Gasteiger partial charge in [-0.2, -0.15) is 0 Å². The molecule has 90 valence electrons. The molecule has 0 aliphatic carbocycles. The van der Waals surface area contributed by atoms with Crippen molar-refractivity contribution in [2.24, 2.45) is 0 Å². The van der Waals surface area contributed by atoms with Crippen molar-refractivity contribution >= 4 is 17.3 Å². The molecule has 0 atom stereocenters. The summed E-state index contributed by atoms with van der Waals surface area (Å²) in [6.07, 6.45) is 4.29. The molecule has 2 aromatic heterocycles. The third kappa shape index (κ3) is 2.33. The van der Waals surface area contributed by atoms with E-state index in [0.29, 0.717) is 11.7 Å². The molecule has 7 heteroatoms. The van der Waals surface area contributed by atoms with Crippen LogP contribution in [-0.4, -0.2) is 32.3 Å². The lowest BCUT2D eigenvalue weighted by molar-refractivity contribution is 0.0525. The number of ether oxygens (including phenoxy) is 1. The summed E-state index contributed by atoms with van der Waals surface area (Å²) >= 11 is 1.19. The molecule has 2 rings (SSSR count). The Balaban J connectivity index is 2.27. The van der Waals surface area contributed by atoms with Gasteiger partial charge in [0.05, 0.1) is 6.61 Å². The Morgan fingerprint density at radius 2 is 2.29 bits per heavy atom. The first-order valence-corrected chi connectivity index (χ1v) is 6.11. The number of aromatic nitrogens is 4. The number of hydrogen-bond donors (Lipinski definition) is 0. The zero-order chi connectivity index (χ0) is 12.3. The van der Waals surface area contributed by atoms with Crippen molar-refractivity contribution in [1.29, 1.82) is 0 Å². The third-order valence-electron chi connectivity index (χ3n) is 2.10. The number of carbonyl (C=O) groups excluding carboxylic acids is 1. The van der Waals surface area contributed by atoms with Crippen LogP contribution in [-0.2, 0) is 11.2 Å². The summed E-state index contributed by atoms with van der Waals surface area (Å²) in [6, 6.07) is 0. The van der Waals surface area contributed by atoms with Crippen molar-refractivity contribution < 1.29 is 9.53 Å². The summed E-state index contributed by atoms with van der Waals surface area (Å²) in [5.41, 5.74) is 0. The predicted octanol–water partition coefficient (Wildman–Crippen LogP) is 1.46. The van der Waals surface area contributed by atoms with E-state index in [1.54, 1.807) is 19.3 Å². The summed E-state index contributed by atoms with van der Waals surface area (Å²) in [5, 5.41) is 8.66. The van der Waals surface area contributed by atoms with Crippen molar-refractivity contribution in [1.82, 2.24) is 19.7 Å². The Morgan fingerprint density at radius 3 is 3.00 bits per heavy atom. The highest BCUT2D eigenvalue weighted by Crippen LogP contribution is 2.17. The van der Waals surface area contributed by atoms with Crippen LogP contribution in [0.1, 0.15) is 29.5 Å². The van der Waals surface area contributed by atoms with Gasteiger partial charge in [0.1, 0.15) is 5.82 Å². The molecule has 2 aromatic rings. The molecule has 2 heterocycles. The first kappa shape index (κ1) is 11.7. The zero-order valence-electron chi connectivity index (χ0n) is 9.58. The molecular formula is C10H12N4O2S. The van der Waals surface area contributed by atoms with Gasteiger partial charge >= 0.3 is 5.97 Å². The highest BCUT2D eigenvalue weighted by atomic mass is 32.1. The lowest BCUT2D eigenvalue weighted by Gasteiger charge is -1.99. The van der Waals surface area contributed by atoms with E-state index in [9.17, 15) is 4.79 Å². The highest BCUT2D eigenvalue weighted by molar-refractivity contribution is 7.15. The van der Waals surface area contributed by atoms with Crippen molar-refractivity contribution in [3.8, 4) is 5.13 Å². The minimum atomic E-state index is -0.436. The third-order valence-corrected chi connectivity index (χ3v) is 3.01. The first-order valence-electron chi connectivity index (χ1n) is 5.29. The van der Waals surface area contributed by atoms with Gasteiger partial charge in [-0.15, -0.1) is 10.2 Å². The number of nitrogens with zero attached hydrogens (tertiary/aromatic N) is 4. The number of esters is 1. The van der Waals surface area contributed by atoms with Gasteiger partial charge in [-0.1, -0.05) is 18.3 Å². The second kappa shape index (κ2) is 5.05. The summed E-state index contributed by atoms with van der Waals surface area (Å²) in [5.74, 6) is 0.450. The number of hydrogen-bond acceptors (Lipinski definition) is 6. The normalized spacial score (nSPS) is 10.5. The van der Waals surface area contributed by atoms with Crippen LogP contribution in [0.25, 0.3) is 5.13 Å². The minimum absolute atomic E-state index is 0.262. The average molecular weight is 252 g/mol. The lowest BCUT2D eigenvalue weighted by Crippen LogP contribution is -2.03. The Hall–Kier alpha value is -1.76. The molecule has 0 aliphatic rings. The van der Waals surface area contributed by atoms with Crippen LogP contribution in [0.15, 0.2) is 12.4 Å². The van der Waals surface area contributed by atoms with Gasteiger partial charge in [0.25, 0.3) is 0 Å². The minimum Gasteiger partial charge on any atom is -0.461 e. The molecule has 0 saturated carbocycles. The smallest absolute Gasteiger partial charge is 0.369 e. The van der Waals surface area contributed by atoms with Crippen LogP contribution >= 0.6 is 11.3 Å². The lowest BCUT2D eigenvalue weighted by atomic mass is 10.5. The van der Waals surface area contributed by atoms with Gasteiger partial charge in [-0.3, -0.25) is 4.57 Å². The number of carbonyl (C=O) groups is 1. The Morgan fingerprint density at radius 1 is 1.47 bits per heavy atom. The predicted molar refractivity (Wildman–Crippen MR) is 62.4 cm³/mol. The molecule has 6 nitrogen and oxygen atoms in total. The van der Waals surface area contributed by atoms with Gasteiger partial charge in [0.2, 0.25) is 10.1 Å². The molecule has 0 fully saturated rings. The van der Waals surface area contributed by atoms with Crippen molar-refractivity contribution in [2.45, 2.75) is 20.3 Å². The van der Waals surface area contributed by atoms with E-state index >= 15 is 0 Å². The monoisotopic (exact) mass is 252 g/mol. The molecule has 0 aliphatic heterocycles. The Labute approximate surface area is 102 Å². The standard InChI is InChI=1S/C10H12N4O2S/c1-3-7-11-5-6-14(7)10-13-12-8(17-10)9(15)16-4-2/h5-6H,3-4H2,1-2H3. The molecular weight excluding hydrogens is 240 g/mol. The molecule has 0 spiro atoms. The maximum atomic E-state index is 11.4. The quantitative estimate of drug-likeness (QED) is 0.770. The maximum Gasteiger partial charge on any atom is 0.369 e. The van der Waals surface area contributed by atoms with Gasteiger partial charge in [-0.05, 0) is 6.92 Å². The fraction of sp³-hybridized carbons (Fsp3) is 0.400. The molecule has 0 radical (unpaired) electrons. The first-order chi connectivity index (χ1) is 8.26. The van der Waals surface area contributed by atoms with Gasteiger partial charge in [0, 0.05) is 18.8 Å². The largest absolute Gasteiger partial charge is 0.461 e. The zero-order valence-corrected chi connectivity index (χ0v) is 10.4. The molecule has 0 amide bonds. The fourth-order valence-electron chi connectivity index (χ4n) is 1.36. The van der Waals surface area contributed by atoms with E-state index in [1.165, 1.54) is 11.3 Å². The maximum absolute atomic E-state index is 11.4.